The third kappa shape index (κ3) is 5.81. The van der Waals surface area contributed by atoms with E-state index in [-0.39, 0.29) is 22.2 Å². The fraction of sp³-hybridized carbons (Fsp3) is 0.0303. The summed E-state index contributed by atoms with van der Waals surface area (Å²) in [6, 6.07) is 23.9. The smallest absolute Gasteiger partial charge is 0.416 e. The first-order chi connectivity index (χ1) is 21.4. The first kappa shape index (κ1) is 30.1. The van der Waals surface area contributed by atoms with E-state index in [0.29, 0.717) is 33.6 Å². The van der Waals surface area contributed by atoms with Gasteiger partial charge >= 0.3 is 18.1 Å². The number of halogens is 4. The van der Waals surface area contributed by atoms with Crippen LogP contribution in [0.4, 0.5) is 17.6 Å². The Labute approximate surface area is 251 Å². The lowest BCUT2D eigenvalue weighted by atomic mass is 10.0. The highest BCUT2D eigenvalue weighted by Crippen LogP contribution is 2.34. The van der Waals surface area contributed by atoms with E-state index in [9.17, 15) is 37.5 Å². The largest absolute Gasteiger partial charge is 0.478 e. The molecule has 0 spiro atoms. The van der Waals surface area contributed by atoms with Crippen LogP contribution in [-0.2, 0) is 6.18 Å². The number of aromatic carboxylic acids is 2. The average molecular weight is 611 g/mol. The average Bonchev–Trinajstić information content (AvgIpc) is 3.58. The number of hydrogen-bond donors (Lipinski definition) is 2. The summed E-state index contributed by atoms with van der Waals surface area (Å²) in [5.41, 5.74) is 2.47. The first-order valence-corrected chi connectivity index (χ1v) is 12.9. The molecule has 4 aromatic heterocycles. The summed E-state index contributed by atoms with van der Waals surface area (Å²) in [5, 5.41) is 36.5. The van der Waals surface area contributed by atoms with Crippen molar-refractivity contribution in [2.75, 3.05) is 0 Å². The Kier molecular flexibility index (Phi) is 7.82. The number of alkyl halides is 3. The monoisotopic (exact) mass is 610 g/mol. The molecule has 8 nitrogen and oxygen atoms in total. The molecule has 0 aliphatic rings. The molecule has 0 amide bonds. The molecule has 2 N–H and O–H groups in total. The Morgan fingerprint density at radius 3 is 2.00 bits per heavy atom. The number of carbonyl (C=O) groups is 2. The Bertz CT molecular complexity index is 2200. The van der Waals surface area contributed by atoms with Crippen molar-refractivity contribution in [1.82, 2.24) is 8.80 Å². The molecule has 6 aromatic rings. The van der Waals surface area contributed by atoms with E-state index < -0.39 is 29.5 Å². The normalized spacial score (nSPS) is 11.0. The summed E-state index contributed by atoms with van der Waals surface area (Å²) in [7, 11) is 0. The van der Waals surface area contributed by atoms with Crippen LogP contribution in [0.1, 0.15) is 37.4 Å². The van der Waals surface area contributed by atoms with Gasteiger partial charge in [0, 0.05) is 18.0 Å². The van der Waals surface area contributed by atoms with Crippen LogP contribution < -0.4 is 0 Å². The van der Waals surface area contributed by atoms with Crippen LogP contribution >= 0.6 is 0 Å². The minimum Gasteiger partial charge on any atom is -0.478 e. The Balaban J connectivity index is 0.000000179. The molecule has 222 valence electrons. The van der Waals surface area contributed by atoms with Gasteiger partial charge < -0.3 is 19.0 Å². The van der Waals surface area contributed by atoms with E-state index in [1.165, 1.54) is 47.1 Å². The van der Waals surface area contributed by atoms with Gasteiger partial charge in [-0.2, -0.15) is 23.7 Å². The third-order valence-electron chi connectivity index (χ3n) is 6.93. The Morgan fingerprint density at radius 2 is 1.38 bits per heavy atom. The molecule has 0 aliphatic carbocycles. The topological polar surface area (TPSA) is 131 Å². The number of carboxylic acids is 2. The molecule has 0 radical (unpaired) electrons. The van der Waals surface area contributed by atoms with Crippen LogP contribution in [0.2, 0.25) is 0 Å². The highest BCUT2D eigenvalue weighted by atomic mass is 19.4. The number of nitrogens with zero attached hydrogens (tertiary/aromatic N) is 4. The minimum atomic E-state index is -4.53. The van der Waals surface area contributed by atoms with E-state index in [0.717, 1.165) is 12.1 Å². The predicted molar refractivity (Wildman–Crippen MR) is 154 cm³/mol. The van der Waals surface area contributed by atoms with Crippen LogP contribution in [-0.4, -0.2) is 31.0 Å². The van der Waals surface area contributed by atoms with Crippen molar-refractivity contribution in [1.29, 1.82) is 10.5 Å². The van der Waals surface area contributed by atoms with Crippen molar-refractivity contribution in [3.63, 3.8) is 0 Å². The first-order valence-electron chi connectivity index (χ1n) is 12.9. The number of carboxylic acid groups (broad SMARTS) is 2. The van der Waals surface area contributed by atoms with Crippen LogP contribution in [0.25, 0.3) is 33.5 Å². The minimum absolute atomic E-state index is 0.00119. The molecule has 0 unspecified atom stereocenters. The summed E-state index contributed by atoms with van der Waals surface area (Å²) < 4.78 is 55.0. The summed E-state index contributed by atoms with van der Waals surface area (Å²) >= 11 is 0. The second-order valence-electron chi connectivity index (χ2n) is 9.61. The molecule has 0 atom stereocenters. The molecule has 0 fully saturated rings. The van der Waals surface area contributed by atoms with Crippen molar-refractivity contribution >= 4 is 23.0 Å². The Hall–Kier alpha value is -6.40. The number of hydrogen-bond acceptors (Lipinski definition) is 4. The Morgan fingerprint density at radius 1 is 0.733 bits per heavy atom. The van der Waals surface area contributed by atoms with Crippen LogP contribution in [0.5, 0.6) is 0 Å². The van der Waals surface area contributed by atoms with Crippen molar-refractivity contribution in [3.8, 4) is 34.7 Å². The van der Waals surface area contributed by atoms with Gasteiger partial charge in [-0.1, -0.05) is 30.3 Å². The maximum atomic E-state index is 13.4. The van der Waals surface area contributed by atoms with E-state index in [4.69, 9.17) is 10.4 Å². The van der Waals surface area contributed by atoms with Crippen molar-refractivity contribution in [2.24, 2.45) is 0 Å². The van der Waals surface area contributed by atoms with Crippen molar-refractivity contribution < 1.29 is 37.4 Å². The van der Waals surface area contributed by atoms with Crippen LogP contribution in [0.3, 0.4) is 0 Å². The molecule has 6 rings (SSSR count). The molecule has 0 aliphatic heterocycles. The standard InChI is InChI=1S/C17H9F3N2O2.C16H9FN2O2/c18-17(19,20)11-5-6-22-14(8-11)10(9-21)7-15(22)12-3-1-2-4-13(12)16(23)24;17-13-5-6-14-12(8-18)7-15(19(14)9-13)10-1-3-11(4-2-10)16(20)21/h1-8H,(H,23,24);1-7,9H,(H,20,21). The molecular weight excluding hydrogens is 592 g/mol. The number of benzene rings is 2. The van der Waals surface area contributed by atoms with E-state index in [1.807, 2.05) is 6.07 Å². The highest BCUT2D eigenvalue weighted by Gasteiger charge is 2.31. The maximum Gasteiger partial charge on any atom is 0.416 e. The SMILES string of the molecule is N#Cc1cc(-c2ccc(C(=O)O)cc2)n2cc(F)ccc12.N#Cc1cc(-c2ccccc2C(=O)O)n2ccc(C(F)(F)F)cc12. The zero-order valence-corrected chi connectivity index (χ0v) is 22.7. The zero-order chi connectivity index (χ0) is 32.5. The van der Waals surface area contributed by atoms with Gasteiger partial charge in [0.1, 0.15) is 18.0 Å². The van der Waals surface area contributed by atoms with Crippen molar-refractivity contribution in [3.05, 3.63) is 131 Å². The van der Waals surface area contributed by atoms with Crippen LogP contribution in [0, 0.1) is 28.5 Å². The number of aromatic nitrogens is 2. The predicted octanol–water partition coefficient (Wildman–Crippen LogP) is 7.51. The van der Waals surface area contributed by atoms with E-state index >= 15 is 0 Å². The van der Waals surface area contributed by atoms with Gasteiger partial charge in [-0.25, -0.2) is 14.0 Å². The lowest BCUT2D eigenvalue weighted by Crippen LogP contribution is -2.06. The van der Waals surface area contributed by atoms with E-state index in [2.05, 4.69) is 6.07 Å². The summed E-state index contributed by atoms with van der Waals surface area (Å²) in [5.74, 6) is -2.58. The summed E-state index contributed by atoms with van der Waals surface area (Å²) in [4.78, 5) is 22.2. The lowest BCUT2D eigenvalue weighted by molar-refractivity contribution is -0.137. The van der Waals surface area contributed by atoms with Crippen LogP contribution in [0.15, 0.2) is 97.3 Å². The van der Waals surface area contributed by atoms with Gasteiger partial charge in [-0.05, 0) is 60.2 Å². The van der Waals surface area contributed by atoms with Crippen molar-refractivity contribution in [2.45, 2.75) is 6.18 Å². The zero-order valence-electron chi connectivity index (χ0n) is 22.7. The summed E-state index contributed by atoms with van der Waals surface area (Å²) in [6.07, 6.45) is -2.04. The maximum absolute atomic E-state index is 13.4. The third-order valence-corrected chi connectivity index (χ3v) is 6.93. The molecule has 12 heteroatoms. The second kappa shape index (κ2) is 11.7. The number of nitriles is 2. The van der Waals surface area contributed by atoms with Gasteiger partial charge in [0.25, 0.3) is 0 Å². The molecule has 0 bridgehead atoms. The molecule has 0 saturated heterocycles. The molecule has 4 heterocycles. The molecular formula is C33H18F4N4O4. The second-order valence-corrected chi connectivity index (χ2v) is 9.61. The van der Waals surface area contributed by atoms with Gasteiger partial charge in [0.2, 0.25) is 0 Å². The number of fused-ring (bicyclic) bond motifs is 2. The van der Waals surface area contributed by atoms with Gasteiger partial charge in [0.15, 0.2) is 0 Å². The molecule has 2 aromatic carbocycles. The molecule has 45 heavy (non-hydrogen) atoms. The lowest BCUT2D eigenvalue weighted by Gasteiger charge is -2.09. The van der Waals surface area contributed by atoms with Gasteiger partial charge in [-0.3, -0.25) is 0 Å². The fourth-order valence-corrected chi connectivity index (χ4v) is 4.83. The van der Waals surface area contributed by atoms with Gasteiger partial charge in [-0.15, -0.1) is 0 Å². The number of pyridine rings is 2. The molecule has 0 saturated carbocycles. The van der Waals surface area contributed by atoms with E-state index in [1.54, 1.807) is 46.9 Å². The summed E-state index contributed by atoms with van der Waals surface area (Å²) in [6.45, 7) is 0. The highest BCUT2D eigenvalue weighted by molar-refractivity contribution is 5.96. The fourth-order valence-electron chi connectivity index (χ4n) is 4.83. The van der Waals surface area contributed by atoms with Gasteiger partial charge in [0.05, 0.1) is 50.2 Å². The number of rotatable bonds is 4. The quantitative estimate of drug-likeness (QED) is 0.199.